The molecule has 2 N–H and O–H groups in total. The smallest absolute Gasteiger partial charge is 0.0772 e. The highest BCUT2D eigenvalue weighted by atomic mass is 15.1. The topological polar surface area (TPSA) is 42.2 Å². The van der Waals surface area contributed by atoms with Crippen LogP contribution < -0.4 is 5.73 Å². The molecule has 1 rings (SSSR count). The van der Waals surface area contributed by atoms with E-state index in [0.717, 1.165) is 31.0 Å². The largest absolute Gasteiger partial charge is 0.397 e. The van der Waals surface area contributed by atoms with E-state index < -0.39 is 0 Å². The number of nitrogens with zero attached hydrogens (tertiary/aromatic N) is 2. The first-order valence-corrected chi connectivity index (χ1v) is 4.80. The molecule has 0 amide bonds. The Balaban J connectivity index is 2.66. The third kappa shape index (κ3) is 2.85. The van der Waals surface area contributed by atoms with Crippen molar-refractivity contribution in [1.82, 2.24) is 9.88 Å². The highest BCUT2D eigenvalue weighted by Gasteiger charge is 2.04. The van der Waals surface area contributed by atoms with Crippen LogP contribution in [0.4, 0.5) is 5.69 Å². The molecule has 1 aromatic heterocycles. The standard InChI is InChI=1S/C11H17N3/c1-3-8-14(4-2)9-11-10(12)6-5-7-13-11/h3,5-7H,1,4,8-9,12H2,2H3. The van der Waals surface area contributed by atoms with Crippen LogP contribution in [0.2, 0.25) is 0 Å². The third-order valence-corrected chi connectivity index (χ3v) is 2.13. The third-order valence-electron chi connectivity index (χ3n) is 2.13. The molecule has 14 heavy (non-hydrogen) atoms. The molecule has 0 aliphatic rings. The lowest BCUT2D eigenvalue weighted by Gasteiger charge is -2.18. The minimum Gasteiger partial charge on any atom is -0.397 e. The van der Waals surface area contributed by atoms with Crippen LogP contribution in [0.15, 0.2) is 31.0 Å². The summed E-state index contributed by atoms with van der Waals surface area (Å²) >= 11 is 0. The maximum Gasteiger partial charge on any atom is 0.0772 e. The first-order valence-electron chi connectivity index (χ1n) is 4.80. The molecular weight excluding hydrogens is 174 g/mol. The molecule has 3 nitrogen and oxygen atoms in total. The maximum absolute atomic E-state index is 5.80. The van der Waals surface area contributed by atoms with Crippen LogP contribution in [0.25, 0.3) is 0 Å². The Labute approximate surface area is 85.3 Å². The minimum atomic E-state index is 0.759. The molecule has 1 aromatic rings. The Morgan fingerprint density at radius 3 is 3.00 bits per heavy atom. The number of hydrogen-bond donors (Lipinski definition) is 1. The predicted octanol–water partition coefficient (Wildman–Crippen LogP) is 1.67. The Hall–Kier alpha value is -1.35. The van der Waals surface area contributed by atoms with Crippen molar-refractivity contribution in [2.45, 2.75) is 13.5 Å². The van der Waals surface area contributed by atoms with Gasteiger partial charge in [0.1, 0.15) is 0 Å². The second kappa shape index (κ2) is 5.40. The second-order valence-corrected chi connectivity index (χ2v) is 3.16. The van der Waals surface area contributed by atoms with Crippen molar-refractivity contribution in [2.75, 3.05) is 18.8 Å². The van der Waals surface area contributed by atoms with Gasteiger partial charge < -0.3 is 5.73 Å². The molecule has 0 aliphatic carbocycles. The number of aromatic nitrogens is 1. The predicted molar refractivity (Wildman–Crippen MR) is 59.8 cm³/mol. The van der Waals surface area contributed by atoms with E-state index in [0.29, 0.717) is 0 Å². The van der Waals surface area contributed by atoms with Crippen LogP contribution in [0.1, 0.15) is 12.6 Å². The molecular formula is C11H17N3. The highest BCUT2D eigenvalue weighted by Crippen LogP contribution is 2.09. The summed E-state index contributed by atoms with van der Waals surface area (Å²) in [6.07, 6.45) is 3.66. The SMILES string of the molecule is C=CCN(CC)Cc1ncccc1N. The second-order valence-electron chi connectivity index (χ2n) is 3.16. The number of hydrogen-bond acceptors (Lipinski definition) is 3. The van der Waals surface area contributed by atoms with Crippen LogP contribution in [0, 0.1) is 0 Å². The fraction of sp³-hybridized carbons (Fsp3) is 0.364. The van der Waals surface area contributed by atoms with Crippen molar-refractivity contribution in [1.29, 1.82) is 0 Å². The van der Waals surface area contributed by atoms with Gasteiger partial charge in [0.25, 0.3) is 0 Å². The van der Waals surface area contributed by atoms with Crippen LogP contribution in [0.3, 0.4) is 0 Å². The van der Waals surface area contributed by atoms with Gasteiger partial charge in [-0.2, -0.15) is 0 Å². The molecule has 0 radical (unpaired) electrons. The molecule has 0 fully saturated rings. The quantitative estimate of drug-likeness (QED) is 0.720. The first kappa shape index (κ1) is 10.7. The summed E-state index contributed by atoms with van der Waals surface area (Å²) in [7, 11) is 0. The zero-order chi connectivity index (χ0) is 10.4. The molecule has 0 atom stereocenters. The van der Waals surface area contributed by atoms with E-state index in [1.165, 1.54) is 0 Å². The van der Waals surface area contributed by atoms with E-state index in [-0.39, 0.29) is 0 Å². The van der Waals surface area contributed by atoms with Gasteiger partial charge in [-0.3, -0.25) is 9.88 Å². The normalized spacial score (nSPS) is 10.4. The van der Waals surface area contributed by atoms with Gasteiger partial charge in [0.15, 0.2) is 0 Å². The average molecular weight is 191 g/mol. The molecule has 3 heteroatoms. The zero-order valence-electron chi connectivity index (χ0n) is 8.61. The van der Waals surface area contributed by atoms with Gasteiger partial charge >= 0.3 is 0 Å². The maximum atomic E-state index is 5.80. The minimum absolute atomic E-state index is 0.759. The van der Waals surface area contributed by atoms with Crippen LogP contribution in [-0.2, 0) is 6.54 Å². The molecule has 0 aliphatic heterocycles. The highest BCUT2D eigenvalue weighted by molar-refractivity contribution is 5.41. The lowest BCUT2D eigenvalue weighted by Crippen LogP contribution is -2.23. The van der Waals surface area contributed by atoms with Crippen LogP contribution in [-0.4, -0.2) is 23.0 Å². The van der Waals surface area contributed by atoms with Gasteiger partial charge in [-0.15, -0.1) is 6.58 Å². The molecule has 0 bridgehead atoms. The lowest BCUT2D eigenvalue weighted by atomic mass is 10.3. The number of anilines is 1. The molecule has 0 saturated heterocycles. The van der Waals surface area contributed by atoms with Crippen molar-refractivity contribution in [3.63, 3.8) is 0 Å². The van der Waals surface area contributed by atoms with E-state index >= 15 is 0 Å². The van der Waals surface area contributed by atoms with Gasteiger partial charge in [0, 0.05) is 19.3 Å². The molecule has 76 valence electrons. The fourth-order valence-electron chi connectivity index (χ4n) is 1.28. The number of rotatable bonds is 5. The summed E-state index contributed by atoms with van der Waals surface area (Å²) in [5, 5.41) is 0. The zero-order valence-corrected chi connectivity index (χ0v) is 8.61. The number of pyridine rings is 1. The van der Waals surface area contributed by atoms with Gasteiger partial charge in [0.05, 0.1) is 11.4 Å². The van der Waals surface area contributed by atoms with Gasteiger partial charge in [0.2, 0.25) is 0 Å². The van der Waals surface area contributed by atoms with Crippen molar-refractivity contribution in [3.05, 3.63) is 36.7 Å². The summed E-state index contributed by atoms with van der Waals surface area (Å²) < 4.78 is 0. The number of nitrogens with two attached hydrogens (primary N) is 1. The molecule has 0 saturated carbocycles. The van der Waals surface area contributed by atoms with E-state index in [1.54, 1.807) is 6.20 Å². The molecule has 1 heterocycles. The molecule has 0 aromatic carbocycles. The van der Waals surface area contributed by atoms with Gasteiger partial charge in [-0.25, -0.2) is 0 Å². The lowest BCUT2D eigenvalue weighted by molar-refractivity contribution is 0.308. The average Bonchev–Trinajstić information content (AvgIpc) is 2.20. The number of nitrogen functional groups attached to an aromatic ring is 1. The Morgan fingerprint density at radius 1 is 1.64 bits per heavy atom. The van der Waals surface area contributed by atoms with Gasteiger partial charge in [-0.1, -0.05) is 13.0 Å². The van der Waals surface area contributed by atoms with Crippen molar-refractivity contribution >= 4 is 5.69 Å². The number of likely N-dealkylation sites (N-methyl/N-ethyl adjacent to an activating group) is 1. The Kier molecular flexibility index (Phi) is 4.13. The summed E-state index contributed by atoms with van der Waals surface area (Å²) in [5.41, 5.74) is 7.50. The van der Waals surface area contributed by atoms with E-state index in [2.05, 4.69) is 23.4 Å². The van der Waals surface area contributed by atoms with Gasteiger partial charge in [-0.05, 0) is 18.7 Å². The van der Waals surface area contributed by atoms with Crippen LogP contribution in [0.5, 0.6) is 0 Å². The van der Waals surface area contributed by atoms with E-state index in [1.807, 2.05) is 18.2 Å². The van der Waals surface area contributed by atoms with E-state index in [9.17, 15) is 0 Å². The summed E-state index contributed by atoms with van der Waals surface area (Å²) in [5.74, 6) is 0. The van der Waals surface area contributed by atoms with Crippen LogP contribution >= 0.6 is 0 Å². The van der Waals surface area contributed by atoms with Crippen molar-refractivity contribution in [3.8, 4) is 0 Å². The monoisotopic (exact) mass is 191 g/mol. The summed E-state index contributed by atoms with van der Waals surface area (Å²) in [6.45, 7) is 8.46. The fourth-order valence-corrected chi connectivity index (χ4v) is 1.28. The Morgan fingerprint density at radius 2 is 2.43 bits per heavy atom. The summed E-state index contributed by atoms with van der Waals surface area (Å²) in [6, 6.07) is 3.73. The molecule has 0 spiro atoms. The first-order chi connectivity index (χ1) is 6.77. The van der Waals surface area contributed by atoms with E-state index in [4.69, 9.17) is 5.73 Å². The van der Waals surface area contributed by atoms with Crippen molar-refractivity contribution < 1.29 is 0 Å². The molecule has 0 unspecified atom stereocenters. The Bertz CT molecular complexity index is 296. The summed E-state index contributed by atoms with van der Waals surface area (Å²) in [4.78, 5) is 6.48. The van der Waals surface area contributed by atoms with Crippen molar-refractivity contribution in [2.24, 2.45) is 0 Å².